The summed E-state index contributed by atoms with van der Waals surface area (Å²) in [7, 11) is 0. The standard InChI is InChI=1S/C15H25NS/c1-5-13(4)17-10-15(16)9-14-7-6-11(2)12(3)8-14/h6-8,13,15H,5,9-10,16H2,1-4H3. The maximum atomic E-state index is 6.18. The van der Waals surface area contributed by atoms with Crippen molar-refractivity contribution in [3.63, 3.8) is 0 Å². The summed E-state index contributed by atoms with van der Waals surface area (Å²) in [5, 5.41) is 0.723. The van der Waals surface area contributed by atoms with Gasteiger partial charge in [-0.2, -0.15) is 11.8 Å². The van der Waals surface area contributed by atoms with E-state index in [-0.39, 0.29) is 6.04 Å². The number of benzene rings is 1. The highest BCUT2D eigenvalue weighted by Gasteiger charge is 2.07. The molecule has 0 amide bonds. The fourth-order valence-electron chi connectivity index (χ4n) is 1.70. The Morgan fingerprint density at radius 3 is 2.53 bits per heavy atom. The van der Waals surface area contributed by atoms with Crippen molar-refractivity contribution in [1.82, 2.24) is 0 Å². The van der Waals surface area contributed by atoms with Crippen LogP contribution in [-0.4, -0.2) is 17.0 Å². The van der Waals surface area contributed by atoms with Gasteiger partial charge in [0.15, 0.2) is 0 Å². The summed E-state index contributed by atoms with van der Waals surface area (Å²) in [6, 6.07) is 6.94. The molecule has 0 aliphatic carbocycles. The molecule has 0 heterocycles. The minimum absolute atomic E-state index is 0.274. The Labute approximate surface area is 110 Å². The lowest BCUT2D eigenvalue weighted by molar-refractivity contribution is 0.744. The summed E-state index contributed by atoms with van der Waals surface area (Å²) in [6.45, 7) is 8.82. The van der Waals surface area contributed by atoms with Crippen LogP contribution in [0.1, 0.15) is 37.0 Å². The third-order valence-electron chi connectivity index (χ3n) is 3.24. The highest BCUT2D eigenvalue weighted by atomic mass is 32.2. The van der Waals surface area contributed by atoms with E-state index in [1.165, 1.54) is 23.1 Å². The number of thioether (sulfide) groups is 1. The van der Waals surface area contributed by atoms with Gasteiger partial charge < -0.3 is 5.73 Å². The molecule has 1 nitrogen and oxygen atoms in total. The minimum atomic E-state index is 0.274. The SMILES string of the molecule is CCC(C)SCC(N)Cc1ccc(C)c(C)c1. The van der Waals surface area contributed by atoms with Crippen molar-refractivity contribution in [3.8, 4) is 0 Å². The van der Waals surface area contributed by atoms with Gasteiger partial charge in [-0.3, -0.25) is 0 Å². The quantitative estimate of drug-likeness (QED) is 0.834. The molecule has 2 atom stereocenters. The van der Waals surface area contributed by atoms with Crippen molar-refractivity contribution in [2.24, 2.45) is 5.73 Å². The minimum Gasteiger partial charge on any atom is -0.327 e. The van der Waals surface area contributed by atoms with E-state index in [4.69, 9.17) is 5.73 Å². The molecule has 2 N–H and O–H groups in total. The van der Waals surface area contributed by atoms with Gasteiger partial charge in [-0.25, -0.2) is 0 Å². The molecule has 2 heteroatoms. The number of rotatable bonds is 6. The lowest BCUT2D eigenvalue weighted by Crippen LogP contribution is -2.26. The Morgan fingerprint density at radius 2 is 1.94 bits per heavy atom. The predicted octanol–water partition coefficient (Wildman–Crippen LogP) is 3.70. The zero-order valence-electron chi connectivity index (χ0n) is 11.5. The van der Waals surface area contributed by atoms with Crippen molar-refractivity contribution in [2.75, 3.05) is 5.75 Å². The van der Waals surface area contributed by atoms with E-state index in [0.29, 0.717) is 0 Å². The fourth-order valence-corrected chi connectivity index (χ4v) is 2.63. The van der Waals surface area contributed by atoms with E-state index >= 15 is 0 Å². The van der Waals surface area contributed by atoms with E-state index in [0.717, 1.165) is 17.4 Å². The normalized spacial score (nSPS) is 14.6. The molecule has 2 unspecified atom stereocenters. The van der Waals surface area contributed by atoms with Crippen molar-refractivity contribution in [3.05, 3.63) is 34.9 Å². The van der Waals surface area contributed by atoms with E-state index in [2.05, 4.69) is 45.9 Å². The van der Waals surface area contributed by atoms with Gasteiger partial charge in [-0.15, -0.1) is 0 Å². The molecule has 0 saturated carbocycles. The Bertz CT molecular complexity index is 349. The van der Waals surface area contributed by atoms with Crippen molar-refractivity contribution >= 4 is 11.8 Å². The molecule has 1 rings (SSSR count). The first-order valence-corrected chi connectivity index (χ1v) is 7.51. The highest BCUT2D eigenvalue weighted by molar-refractivity contribution is 7.99. The van der Waals surface area contributed by atoms with Crippen LogP contribution in [0.25, 0.3) is 0 Å². The van der Waals surface area contributed by atoms with Gasteiger partial charge in [0.05, 0.1) is 0 Å². The first-order chi connectivity index (χ1) is 8.02. The molecule has 0 spiro atoms. The van der Waals surface area contributed by atoms with Crippen LogP contribution in [0.2, 0.25) is 0 Å². The fraction of sp³-hybridized carbons (Fsp3) is 0.600. The Balaban J connectivity index is 2.44. The van der Waals surface area contributed by atoms with Crippen LogP contribution in [-0.2, 0) is 6.42 Å². The topological polar surface area (TPSA) is 26.0 Å². The van der Waals surface area contributed by atoms with Gasteiger partial charge >= 0.3 is 0 Å². The maximum absolute atomic E-state index is 6.18. The molecule has 0 radical (unpaired) electrons. The van der Waals surface area contributed by atoms with Gasteiger partial charge in [-0.05, 0) is 43.4 Å². The molecular weight excluding hydrogens is 226 g/mol. The zero-order valence-corrected chi connectivity index (χ0v) is 12.3. The van der Waals surface area contributed by atoms with Crippen LogP contribution in [0.4, 0.5) is 0 Å². The van der Waals surface area contributed by atoms with E-state index < -0.39 is 0 Å². The monoisotopic (exact) mass is 251 g/mol. The summed E-state index contributed by atoms with van der Waals surface area (Å²) in [4.78, 5) is 0. The molecular formula is C15H25NS. The second kappa shape index (κ2) is 7.07. The molecule has 0 saturated heterocycles. The molecule has 1 aromatic rings. The predicted molar refractivity (Wildman–Crippen MR) is 79.8 cm³/mol. The summed E-state index contributed by atoms with van der Waals surface area (Å²) >= 11 is 1.99. The number of hydrogen-bond acceptors (Lipinski definition) is 2. The average Bonchev–Trinajstić information content (AvgIpc) is 2.31. The number of hydrogen-bond donors (Lipinski definition) is 1. The van der Waals surface area contributed by atoms with Crippen molar-refractivity contribution in [2.45, 2.75) is 51.8 Å². The largest absolute Gasteiger partial charge is 0.327 e. The number of aryl methyl sites for hydroxylation is 2. The average molecular weight is 251 g/mol. The van der Waals surface area contributed by atoms with Crippen LogP contribution in [0, 0.1) is 13.8 Å². The summed E-state index contributed by atoms with van der Waals surface area (Å²) < 4.78 is 0. The highest BCUT2D eigenvalue weighted by Crippen LogP contribution is 2.16. The molecule has 1 aromatic carbocycles. The van der Waals surface area contributed by atoms with Gasteiger partial charge in [0.2, 0.25) is 0 Å². The van der Waals surface area contributed by atoms with Crippen LogP contribution in [0.3, 0.4) is 0 Å². The van der Waals surface area contributed by atoms with Crippen molar-refractivity contribution < 1.29 is 0 Å². The van der Waals surface area contributed by atoms with Gasteiger partial charge in [-0.1, -0.05) is 32.0 Å². The van der Waals surface area contributed by atoms with Gasteiger partial charge in [0, 0.05) is 17.0 Å². The van der Waals surface area contributed by atoms with Gasteiger partial charge in [0.25, 0.3) is 0 Å². The first-order valence-electron chi connectivity index (χ1n) is 6.46. The second-order valence-electron chi connectivity index (χ2n) is 4.94. The zero-order chi connectivity index (χ0) is 12.8. The molecule has 0 fully saturated rings. The molecule has 0 aromatic heterocycles. The van der Waals surface area contributed by atoms with E-state index in [9.17, 15) is 0 Å². The molecule has 17 heavy (non-hydrogen) atoms. The summed E-state index contributed by atoms with van der Waals surface area (Å²) in [5.41, 5.74) is 10.3. The third kappa shape index (κ3) is 5.13. The summed E-state index contributed by atoms with van der Waals surface area (Å²) in [6.07, 6.45) is 2.21. The van der Waals surface area contributed by atoms with E-state index in [1.54, 1.807) is 0 Å². The second-order valence-corrected chi connectivity index (χ2v) is 6.41. The Hall–Kier alpha value is -0.470. The molecule has 96 valence electrons. The molecule has 0 aliphatic heterocycles. The summed E-state index contributed by atoms with van der Waals surface area (Å²) in [5.74, 6) is 1.06. The van der Waals surface area contributed by atoms with E-state index in [1.807, 2.05) is 11.8 Å². The van der Waals surface area contributed by atoms with Crippen LogP contribution >= 0.6 is 11.8 Å². The van der Waals surface area contributed by atoms with Crippen LogP contribution < -0.4 is 5.73 Å². The van der Waals surface area contributed by atoms with Crippen molar-refractivity contribution in [1.29, 1.82) is 0 Å². The molecule has 0 bridgehead atoms. The molecule has 0 aliphatic rings. The maximum Gasteiger partial charge on any atom is 0.0171 e. The lowest BCUT2D eigenvalue weighted by Gasteiger charge is -2.15. The first kappa shape index (κ1) is 14.6. The Morgan fingerprint density at radius 1 is 1.24 bits per heavy atom. The lowest BCUT2D eigenvalue weighted by atomic mass is 10.0. The third-order valence-corrected chi connectivity index (χ3v) is 4.76. The Kier molecular flexibility index (Phi) is 6.07. The number of nitrogens with two attached hydrogens (primary N) is 1. The van der Waals surface area contributed by atoms with Crippen LogP contribution in [0.15, 0.2) is 18.2 Å². The van der Waals surface area contributed by atoms with Crippen LogP contribution in [0.5, 0.6) is 0 Å². The smallest absolute Gasteiger partial charge is 0.0171 e. The van der Waals surface area contributed by atoms with Gasteiger partial charge in [0.1, 0.15) is 0 Å².